The highest BCUT2D eigenvalue weighted by Crippen LogP contribution is 2.36. The molecule has 13 heteroatoms. The molecule has 0 bridgehead atoms. The molecule has 2 aromatic carbocycles. The number of carbonyl (C=O) groups excluding carboxylic acids is 2. The number of nitro benzene ring substituents is 1. The Morgan fingerprint density at radius 3 is 2.46 bits per heavy atom. The number of nitro groups is 1. The molecule has 0 aliphatic carbocycles. The standard InChI is InChI=1S/C28H27N3O9S/c1-5-38-21-14-18(9-12-20(21)40-15-23(32)37-4)25-24(27(34)39-6-2)16(3)29-28-30(25)26(33)22(41-28)13-17-7-10-19(11-8-17)31(35)36/h7-14,25H,5-6,15H2,1-4H3/b22-13-/t25-/m0/s1. The number of carbonyl (C=O) groups is 2. The van der Waals surface area contributed by atoms with Crippen molar-refractivity contribution in [3.8, 4) is 11.5 Å². The van der Waals surface area contributed by atoms with Crippen LogP contribution in [-0.4, -0.2) is 48.4 Å². The van der Waals surface area contributed by atoms with E-state index in [-0.39, 0.29) is 36.8 Å². The summed E-state index contributed by atoms with van der Waals surface area (Å²) in [5, 5.41) is 11.0. The molecule has 1 atom stereocenters. The van der Waals surface area contributed by atoms with Crippen LogP contribution in [0, 0.1) is 10.1 Å². The summed E-state index contributed by atoms with van der Waals surface area (Å²) in [4.78, 5) is 54.0. The fraction of sp³-hybridized carbons (Fsp3) is 0.286. The monoisotopic (exact) mass is 581 g/mol. The van der Waals surface area contributed by atoms with E-state index in [0.717, 1.165) is 11.3 Å². The Morgan fingerprint density at radius 2 is 1.83 bits per heavy atom. The second kappa shape index (κ2) is 12.6. The molecule has 0 saturated heterocycles. The number of aromatic nitrogens is 1. The maximum atomic E-state index is 13.8. The van der Waals surface area contributed by atoms with Crippen LogP contribution < -0.4 is 24.4 Å². The van der Waals surface area contributed by atoms with Crippen LogP contribution >= 0.6 is 11.3 Å². The van der Waals surface area contributed by atoms with Gasteiger partial charge in [0.2, 0.25) is 0 Å². The summed E-state index contributed by atoms with van der Waals surface area (Å²) in [6.07, 6.45) is 1.61. The highest BCUT2D eigenvalue weighted by molar-refractivity contribution is 7.07. The highest BCUT2D eigenvalue weighted by atomic mass is 32.1. The summed E-state index contributed by atoms with van der Waals surface area (Å²) >= 11 is 1.13. The van der Waals surface area contributed by atoms with Gasteiger partial charge in [-0.25, -0.2) is 14.6 Å². The quantitative estimate of drug-likeness (QED) is 0.200. The van der Waals surface area contributed by atoms with E-state index in [0.29, 0.717) is 31.9 Å². The molecule has 41 heavy (non-hydrogen) atoms. The Kier molecular flexibility index (Phi) is 8.97. The topological polar surface area (TPSA) is 149 Å². The van der Waals surface area contributed by atoms with Crippen molar-refractivity contribution >= 4 is 35.0 Å². The van der Waals surface area contributed by atoms with Crippen molar-refractivity contribution in [1.82, 2.24) is 4.57 Å². The Balaban J connectivity index is 1.88. The Labute approximate surface area is 237 Å². The van der Waals surface area contributed by atoms with E-state index in [2.05, 4.69) is 9.73 Å². The van der Waals surface area contributed by atoms with Gasteiger partial charge >= 0.3 is 11.9 Å². The van der Waals surface area contributed by atoms with E-state index >= 15 is 0 Å². The van der Waals surface area contributed by atoms with Crippen molar-refractivity contribution < 1.29 is 33.5 Å². The van der Waals surface area contributed by atoms with E-state index < -0.39 is 28.5 Å². The first-order chi connectivity index (χ1) is 19.7. The van der Waals surface area contributed by atoms with Crippen LogP contribution in [0.3, 0.4) is 0 Å². The molecule has 0 amide bonds. The number of benzene rings is 2. The molecule has 0 spiro atoms. The van der Waals surface area contributed by atoms with Gasteiger partial charge in [-0.15, -0.1) is 0 Å². The zero-order chi connectivity index (χ0) is 29.7. The third-order valence-electron chi connectivity index (χ3n) is 6.08. The number of non-ortho nitro benzene ring substituents is 1. The lowest BCUT2D eigenvalue weighted by molar-refractivity contribution is -0.384. The van der Waals surface area contributed by atoms with Gasteiger partial charge in [0.05, 0.1) is 47.1 Å². The first-order valence-corrected chi connectivity index (χ1v) is 13.4. The van der Waals surface area contributed by atoms with Crippen LogP contribution in [0.1, 0.15) is 37.9 Å². The largest absolute Gasteiger partial charge is 0.490 e. The van der Waals surface area contributed by atoms with E-state index in [4.69, 9.17) is 14.2 Å². The van der Waals surface area contributed by atoms with Gasteiger partial charge in [-0.3, -0.25) is 19.5 Å². The number of hydrogen-bond donors (Lipinski definition) is 0. The summed E-state index contributed by atoms with van der Waals surface area (Å²) in [5.74, 6) is -0.600. The first-order valence-electron chi connectivity index (χ1n) is 12.6. The fourth-order valence-electron chi connectivity index (χ4n) is 4.23. The zero-order valence-electron chi connectivity index (χ0n) is 22.7. The van der Waals surface area contributed by atoms with Gasteiger partial charge in [-0.2, -0.15) is 0 Å². The molecular formula is C28H27N3O9S. The molecule has 0 unspecified atom stereocenters. The zero-order valence-corrected chi connectivity index (χ0v) is 23.6. The van der Waals surface area contributed by atoms with Crippen LogP contribution in [0.2, 0.25) is 0 Å². The van der Waals surface area contributed by atoms with Gasteiger partial charge < -0.3 is 18.9 Å². The lowest BCUT2D eigenvalue weighted by Gasteiger charge is -2.25. The molecule has 0 N–H and O–H groups in total. The first kappa shape index (κ1) is 29.2. The number of ether oxygens (including phenoxy) is 4. The van der Waals surface area contributed by atoms with Crippen molar-refractivity contribution in [3.63, 3.8) is 0 Å². The Bertz CT molecular complexity index is 1700. The van der Waals surface area contributed by atoms with E-state index in [1.54, 1.807) is 57.2 Å². The van der Waals surface area contributed by atoms with E-state index in [9.17, 15) is 24.5 Å². The molecule has 3 aromatic rings. The predicted octanol–water partition coefficient (Wildman–Crippen LogP) is 2.66. The maximum absolute atomic E-state index is 13.8. The normalized spacial score (nSPS) is 14.6. The summed E-state index contributed by atoms with van der Waals surface area (Å²) in [7, 11) is 1.25. The van der Waals surface area contributed by atoms with Crippen LogP contribution in [-0.2, 0) is 19.1 Å². The summed E-state index contributed by atoms with van der Waals surface area (Å²) in [5.41, 5.74) is 1.22. The van der Waals surface area contributed by atoms with E-state index in [1.165, 1.54) is 23.8 Å². The molecule has 12 nitrogen and oxygen atoms in total. The van der Waals surface area contributed by atoms with Crippen LogP contribution in [0.25, 0.3) is 6.08 Å². The minimum Gasteiger partial charge on any atom is -0.490 e. The van der Waals surface area contributed by atoms with Crippen LogP contribution in [0.15, 0.2) is 63.5 Å². The molecule has 1 aliphatic heterocycles. The maximum Gasteiger partial charge on any atom is 0.343 e. The van der Waals surface area contributed by atoms with Crippen molar-refractivity contribution in [2.45, 2.75) is 26.8 Å². The SMILES string of the molecule is CCOC(=O)C1=C(C)N=c2s/c(=C\c3ccc([N+](=O)[O-])cc3)c(=O)n2[C@H]1c1ccc(OCC(=O)OC)c(OCC)c1. The molecule has 4 rings (SSSR count). The molecule has 0 saturated carbocycles. The minimum absolute atomic E-state index is 0.0672. The third-order valence-corrected chi connectivity index (χ3v) is 7.06. The lowest BCUT2D eigenvalue weighted by atomic mass is 9.95. The summed E-state index contributed by atoms with van der Waals surface area (Å²) in [6.45, 7) is 5.22. The number of rotatable bonds is 10. The van der Waals surface area contributed by atoms with Gasteiger partial charge in [0.15, 0.2) is 22.9 Å². The molecule has 2 heterocycles. The predicted molar refractivity (Wildman–Crippen MR) is 149 cm³/mol. The number of hydrogen-bond acceptors (Lipinski definition) is 11. The molecule has 214 valence electrons. The Hall–Kier alpha value is -4.78. The summed E-state index contributed by atoms with van der Waals surface area (Å²) in [6, 6.07) is 9.81. The number of nitrogens with zero attached hydrogens (tertiary/aromatic N) is 3. The summed E-state index contributed by atoms with van der Waals surface area (Å²) < 4.78 is 23.0. The second-order valence-corrected chi connectivity index (χ2v) is 9.66. The number of allylic oxidation sites excluding steroid dienone is 1. The fourth-order valence-corrected chi connectivity index (χ4v) is 5.28. The highest BCUT2D eigenvalue weighted by Gasteiger charge is 2.34. The lowest BCUT2D eigenvalue weighted by Crippen LogP contribution is -2.40. The van der Waals surface area contributed by atoms with Crippen LogP contribution in [0.4, 0.5) is 5.69 Å². The number of thiazole rings is 1. The average molecular weight is 582 g/mol. The average Bonchev–Trinajstić information content (AvgIpc) is 3.25. The van der Waals surface area contributed by atoms with Gasteiger partial charge in [0.25, 0.3) is 11.2 Å². The van der Waals surface area contributed by atoms with E-state index in [1.807, 2.05) is 0 Å². The van der Waals surface area contributed by atoms with Gasteiger partial charge in [0, 0.05) is 12.1 Å². The van der Waals surface area contributed by atoms with Crippen molar-refractivity contribution in [3.05, 3.63) is 94.7 Å². The minimum atomic E-state index is -0.904. The number of esters is 2. The number of fused-ring (bicyclic) bond motifs is 1. The molecule has 0 fully saturated rings. The molecule has 1 aromatic heterocycles. The third kappa shape index (κ3) is 6.19. The second-order valence-electron chi connectivity index (χ2n) is 8.65. The van der Waals surface area contributed by atoms with Crippen molar-refractivity contribution in [2.24, 2.45) is 4.99 Å². The molecular weight excluding hydrogens is 554 g/mol. The smallest absolute Gasteiger partial charge is 0.343 e. The van der Waals surface area contributed by atoms with Gasteiger partial charge in [0.1, 0.15) is 0 Å². The number of methoxy groups -OCH3 is 1. The van der Waals surface area contributed by atoms with Gasteiger partial charge in [-0.1, -0.05) is 17.4 Å². The van der Waals surface area contributed by atoms with Crippen molar-refractivity contribution in [1.29, 1.82) is 0 Å². The molecule has 1 aliphatic rings. The Morgan fingerprint density at radius 1 is 1.10 bits per heavy atom. The van der Waals surface area contributed by atoms with Crippen LogP contribution in [0.5, 0.6) is 11.5 Å². The molecule has 0 radical (unpaired) electrons. The van der Waals surface area contributed by atoms with Gasteiger partial charge in [-0.05, 0) is 62.2 Å². The van der Waals surface area contributed by atoms with Crippen molar-refractivity contribution in [2.75, 3.05) is 26.9 Å².